The summed E-state index contributed by atoms with van der Waals surface area (Å²) in [4.78, 5) is 29.3. The highest BCUT2D eigenvalue weighted by Crippen LogP contribution is 2.49. The van der Waals surface area contributed by atoms with Crippen LogP contribution in [-0.4, -0.2) is 83.3 Å². The molecule has 3 saturated heterocycles. The highest BCUT2D eigenvalue weighted by atomic mass is 35.5. The number of anilines is 2. The highest BCUT2D eigenvalue weighted by molar-refractivity contribution is 6.36. The maximum Gasteiger partial charge on any atom is 0.250 e. The molecule has 0 bridgehead atoms. The predicted molar refractivity (Wildman–Crippen MR) is 169 cm³/mol. The lowest BCUT2D eigenvalue weighted by Gasteiger charge is -2.46. The van der Waals surface area contributed by atoms with Gasteiger partial charge in [0.2, 0.25) is 5.88 Å². The molecule has 0 radical (unpaired) electrons. The second-order valence-corrected chi connectivity index (χ2v) is 13.1. The molecule has 9 nitrogen and oxygen atoms in total. The molecular formula is C33H34ClFN6O3. The lowest BCUT2D eigenvalue weighted by atomic mass is 9.95. The van der Waals surface area contributed by atoms with Crippen molar-refractivity contribution in [3.63, 3.8) is 0 Å². The van der Waals surface area contributed by atoms with E-state index in [0.29, 0.717) is 57.8 Å². The van der Waals surface area contributed by atoms with Crippen LogP contribution < -0.4 is 19.9 Å². The third kappa shape index (κ3) is 4.07. The molecule has 2 aromatic heterocycles. The van der Waals surface area contributed by atoms with Gasteiger partial charge >= 0.3 is 0 Å². The Morgan fingerprint density at radius 3 is 2.80 bits per heavy atom. The van der Waals surface area contributed by atoms with Crippen molar-refractivity contribution in [3.05, 3.63) is 47.4 Å². The van der Waals surface area contributed by atoms with Crippen LogP contribution in [0, 0.1) is 5.82 Å². The number of aromatic hydroxyl groups is 1. The number of carbonyl (C=O) groups excluding carboxylic acids is 1. The van der Waals surface area contributed by atoms with Gasteiger partial charge in [-0.1, -0.05) is 23.7 Å². The number of piperazine rings is 1. The van der Waals surface area contributed by atoms with Gasteiger partial charge in [-0.2, -0.15) is 0 Å². The van der Waals surface area contributed by atoms with Gasteiger partial charge in [-0.05, 0) is 69.3 Å². The predicted octanol–water partition coefficient (Wildman–Crippen LogP) is 5.10. The summed E-state index contributed by atoms with van der Waals surface area (Å²) in [5.74, 6) is -0.470. The average Bonchev–Trinajstić information content (AvgIpc) is 3.59. The van der Waals surface area contributed by atoms with E-state index in [1.807, 2.05) is 6.07 Å². The first-order valence-electron chi connectivity index (χ1n) is 15.3. The van der Waals surface area contributed by atoms with Gasteiger partial charge < -0.3 is 25.0 Å². The first-order chi connectivity index (χ1) is 21.3. The summed E-state index contributed by atoms with van der Waals surface area (Å²) < 4.78 is 23.5. The molecule has 6 heterocycles. The number of hydrogen-bond donors (Lipinski definition) is 2. The van der Waals surface area contributed by atoms with Gasteiger partial charge in [0.25, 0.3) is 5.91 Å². The van der Waals surface area contributed by atoms with Crippen molar-refractivity contribution >= 4 is 50.6 Å². The lowest BCUT2D eigenvalue weighted by molar-refractivity contribution is -0.120. The van der Waals surface area contributed by atoms with E-state index in [0.717, 1.165) is 38.8 Å². The van der Waals surface area contributed by atoms with E-state index in [2.05, 4.69) is 27.0 Å². The van der Waals surface area contributed by atoms with Gasteiger partial charge in [0.05, 0.1) is 11.2 Å². The molecular weight excluding hydrogens is 583 g/mol. The number of pyridine rings is 2. The van der Waals surface area contributed by atoms with E-state index in [1.165, 1.54) is 6.07 Å². The summed E-state index contributed by atoms with van der Waals surface area (Å²) in [5.41, 5.74) is 1.70. The number of phenolic OH excluding ortho intramolecular Hbond substituents is 1. The Bertz CT molecular complexity index is 1840. The van der Waals surface area contributed by atoms with Gasteiger partial charge in [-0.25, -0.2) is 9.37 Å². The van der Waals surface area contributed by atoms with E-state index in [1.54, 1.807) is 36.3 Å². The molecule has 4 aliphatic rings. The molecule has 3 fully saturated rings. The number of benzene rings is 2. The fourth-order valence-corrected chi connectivity index (χ4v) is 8.24. The number of halogens is 2. The molecule has 44 heavy (non-hydrogen) atoms. The topological polar surface area (TPSA) is 94.1 Å². The number of amides is 1. The molecule has 2 N–H and O–H groups in total. The Labute approximate surface area is 259 Å². The summed E-state index contributed by atoms with van der Waals surface area (Å²) in [5, 5.41) is 16.2. The average molecular weight is 617 g/mol. The number of nitrogens with zero attached hydrogens (tertiary/aromatic N) is 5. The van der Waals surface area contributed by atoms with Crippen LogP contribution in [0.2, 0.25) is 5.02 Å². The van der Waals surface area contributed by atoms with Crippen LogP contribution in [0.5, 0.6) is 11.6 Å². The van der Waals surface area contributed by atoms with Gasteiger partial charge in [-0.3, -0.25) is 14.7 Å². The van der Waals surface area contributed by atoms with E-state index in [-0.39, 0.29) is 40.3 Å². The van der Waals surface area contributed by atoms with Crippen molar-refractivity contribution in [3.8, 4) is 22.9 Å². The van der Waals surface area contributed by atoms with Crippen LogP contribution in [0.25, 0.3) is 32.9 Å². The summed E-state index contributed by atoms with van der Waals surface area (Å²) in [7, 11) is 1.74. The Morgan fingerprint density at radius 2 is 2.00 bits per heavy atom. The number of carbonyl (C=O) groups is 1. The maximum atomic E-state index is 16.9. The molecule has 8 rings (SSSR count). The number of likely N-dealkylation sites (N-methyl/N-ethyl adjacent to an activating group) is 1. The van der Waals surface area contributed by atoms with E-state index in [9.17, 15) is 9.90 Å². The van der Waals surface area contributed by atoms with Gasteiger partial charge in [-0.15, -0.1) is 0 Å². The van der Waals surface area contributed by atoms with Crippen LogP contribution in [0.1, 0.15) is 32.6 Å². The van der Waals surface area contributed by atoms with Crippen LogP contribution in [0.4, 0.5) is 15.8 Å². The number of hydrogen-bond acceptors (Lipinski definition) is 8. The van der Waals surface area contributed by atoms with Gasteiger partial charge in [0.15, 0.2) is 5.82 Å². The molecule has 0 aliphatic carbocycles. The SMILES string of the molecule is CC1CN2c3c(c(OCC45CCCN4CCC5)nc4c(F)c(-c5cc(O)cc6cccc(Cl)c56)ncc34)N(C)C(=O)C2CN1. The quantitative estimate of drug-likeness (QED) is 0.327. The highest BCUT2D eigenvalue weighted by Gasteiger charge is 2.47. The van der Waals surface area contributed by atoms with Gasteiger partial charge in [0.1, 0.15) is 35.3 Å². The number of aromatic nitrogens is 2. The van der Waals surface area contributed by atoms with Crippen molar-refractivity contribution in [1.29, 1.82) is 0 Å². The number of rotatable bonds is 4. The summed E-state index contributed by atoms with van der Waals surface area (Å²) >= 11 is 6.60. The zero-order chi connectivity index (χ0) is 30.3. The largest absolute Gasteiger partial charge is 0.508 e. The van der Waals surface area contributed by atoms with Crippen molar-refractivity contribution in [2.75, 3.05) is 49.6 Å². The normalized spacial score (nSPS) is 22.9. The van der Waals surface area contributed by atoms with Crippen LogP contribution >= 0.6 is 11.6 Å². The fraction of sp³-hybridized carbons (Fsp3) is 0.424. The molecule has 2 atom stereocenters. The minimum atomic E-state index is -0.636. The van der Waals surface area contributed by atoms with E-state index >= 15 is 4.39 Å². The van der Waals surface area contributed by atoms with Crippen molar-refractivity contribution in [1.82, 2.24) is 20.2 Å². The Hall–Kier alpha value is -3.73. The van der Waals surface area contributed by atoms with Gasteiger partial charge in [0, 0.05) is 53.7 Å². The van der Waals surface area contributed by atoms with Crippen molar-refractivity contribution in [2.45, 2.75) is 50.2 Å². The molecule has 2 aromatic carbocycles. The second kappa shape index (κ2) is 10.2. The Balaban J connectivity index is 1.35. The maximum absolute atomic E-state index is 16.9. The monoisotopic (exact) mass is 616 g/mol. The lowest BCUT2D eigenvalue weighted by Crippen LogP contribution is -2.63. The zero-order valence-corrected chi connectivity index (χ0v) is 25.5. The molecule has 11 heteroatoms. The molecule has 4 aliphatic heterocycles. The first kappa shape index (κ1) is 27.8. The Morgan fingerprint density at radius 1 is 1.20 bits per heavy atom. The zero-order valence-electron chi connectivity index (χ0n) is 24.7. The van der Waals surface area contributed by atoms with Crippen LogP contribution in [-0.2, 0) is 4.79 Å². The third-order valence-electron chi connectivity index (χ3n) is 10.1. The number of nitrogens with one attached hydrogen (secondary N) is 1. The number of ether oxygens (including phenoxy) is 1. The fourth-order valence-electron chi connectivity index (χ4n) is 7.95. The molecule has 0 spiro atoms. The van der Waals surface area contributed by atoms with E-state index in [4.69, 9.17) is 21.3 Å². The van der Waals surface area contributed by atoms with Crippen molar-refractivity contribution < 1.29 is 19.0 Å². The molecule has 1 amide bonds. The Kier molecular flexibility index (Phi) is 6.41. The molecule has 228 valence electrons. The summed E-state index contributed by atoms with van der Waals surface area (Å²) in [6.45, 7) is 5.63. The smallest absolute Gasteiger partial charge is 0.250 e. The van der Waals surface area contributed by atoms with Crippen molar-refractivity contribution in [2.24, 2.45) is 0 Å². The summed E-state index contributed by atoms with van der Waals surface area (Å²) in [6, 6.07) is 8.08. The molecule has 2 unspecified atom stereocenters. The minimum absolute atomic E-state index is 0.0202. The standard InChI is InChI=1S/C33H34ClFN6O3/c1-18-16-41-24(15-36-18)32(43)39(2)30-29(41)22-14-37-27(21-13-20(42)12-19-6-3-7-23(34)25(19)21)26(35)28(22)38-31(30)44-17-33-8-4-10-40(33)11-5-9-33/h3,6-7,12-14,18,24,36,42H,4-5,8-11,15-17H2,1-2H3. The first-order valence-corrected chi connectivity index (χ1v) is 15.7. The third-order valence-corrected chi connectivity index (χ3v) is 10.4. The van der Waals surface area contributed by atoms with E-state index < -0.39 is 11.9 Å². The second-order valence-electron chi connectivity index (χ2n) is 12.7. The van der Waals surface area contributed by atoms with Crippen LogP contribution in [0.15, 0.2) is 36.5 Å². The summed E-state index contributed by atoms with van der Waals surface area (Å²) in [6.07, 6.45) is 5.95. The number of fused-ring (bicyclic) bond motifs is 7. The minimum Gasteiger partial charge on any atom is -0.508 e. The number of phenols is 1. The van der Waals surface area contributed by atoms with Crippen LogP contribution in [0.3, 0.4) is 0 Å². The molecule has 4 aromatic rings. The molecule has 0 saturated carbocycles.